The first kappa shape index (κ1) is 13.2. The van der Waals surface area contributed by atoms with Crippen molar-refractivity contribution in [2.75, 3.05) is 0 Å². The van der Waals surface area contributed by atoms with E-state index in [1.165, 1.54) is 24.3 Å². The normalized spacial score (nSPS) is 10.2. The number of nitrogens with zero attached hydrogens (tertiary/aromatic N) is 1. The zero-order valence-corrected chi connectivity index (χ0v) is 11.1. The number of halogens is 1. The van der Waals surface area contributed by atoms with Crippen LogP contribution in [0.3, 0.4) is 0 Å². The third kappa shape index (κ3) is 2.79. The van der Waals surface area contributed by atoms with Crippen molar-refractivity contribution >= 4 is 27.9 Å². The highest BCUT2D eigenvalue weighted by molar-refractivity contribution is 9.10. The van der Waals surface area contributed by atoms with Crippen LogP contribution in [0.5, 0.6) is 5.75 Å². The van der Waals surface area contributed by atoms with Gasteiger partial charge in [-0.3, -0.25) is 14.9 Å². The van der Waals surface area contributed by atoms with Crippen molar-refractivity contribution in [3.63, 3.8) is 0 Å². The highest BCUT2D eigenvalue weighted by atomic mass is 79.9. The summed E-state index contributed by atoms with van der Waals surface area (Å²) in [5, 5.41) is 20.2. The first-order valence-corrected chi connectivity index (χ1v) is 6.04. The maximum atomic E-state index is 10.8. The number of non-ortho nitro benzene ring substituents is 1. The first-order chi connectivity index (χ1) is 9.01. The second kappa shape index (κ2) is 5.19. The fraction of sp³-hybridized carbons (Fsp3) is 0. The van der Waals surface area contributed by atoms with Gasteiger partial charge < -0.3 is 5.11 Å². The van der Waals surface area contributed by atoms with Gasteiger partial charge >= 0.3 is 0 Å². The van der Waals surface area contributed by atoms with Gasteiger partial charge in [-0.1, -0.05) is 22.0 Å². The van der Waals surface area contributed by atoms with Crippen LogP contribution in [0.25, 0.3) is 11.1 Å². The standard InChI is InChI=1S/C13H8BrNO4/c14-11-4-9(5-12(6-11)15(18)19)8-1-2-13(17)10(3-8)7-16/h1-7,17H. The van der Waals surface area contributed by atoms with Gasteiger partial charge in [-0.05, 0) is 29.3 Å². The lowest BCUT2D eigenvalue weighted by molar-refractivity contribution is -0.384. The first-order valence-electron chi connectivity index (χ1n) is 5.25. The van der Waals surface area contributed by atoms with Gasteiger partial charge in [-0.2, -0.15) is 0 Å². The Kier molecular flexibility index (Phi) is 3.62. The molecule has 2 aromatic rings. The molecule has 6 heteroatoms. The number of carbonyl (C=O) groups excluding carboxylic acids is 1. The van der Waals surface area contributed by atoms with Crippen LogP contribution in [0.1, 0.15) is 10.4 Å². The van der Waals surface area contributed by atoms with E-state index in [1.807, 2.05) is 0 Å². The Hall–Kier alpha value is -2.21. The van der Waals surface area contributed by atoms with Crippen molar-refractivity contribution in [1.29, 1.82) is 0 Å². The van der Waals surface area contributed by atoms with E-state index in [0.717, 1.165) is 0 Å². The summed E-state index contributed by atoms with van der Waals surface area (Å²) in [6, 6.07) is 8.96. The van der Waals surface area contributed by atoms with Crippen LogP contribution in [0.4, 0.5) is 5.69 Å². The summed E-state index contributed by atoms with van der Waals surface area (Å²) in [5.74, 6) is -0.122. The van der Waals surface area contributed by atoms with E-state index in [4.69, 9.17) is 0 Å². The number of hydrogen-bond donors (Lipinski definition) is 1. The number of hydrogen-bond acceptors (Lipinski definition) is 4. The van der Waals surface area contributed by atoms with E-state index < -0.39 is 4.92 Å². The van der Waals surface area contributed by atoms with E-state index in [2.05, 4.69) is 15.9 Å². The average Bonchev–Trinajstić information content (AvgIpc) is 2.38. The molecule has 0 aliphatic carbocycles. The maximum absolute atomic E-state index is 10.8. The average molecular weight is 322 g/mol. The predicted molar refractivity (Wildman–Crippen MR) is 73.3 cm³/mol. The third-order valence-corrected chi connectivity index (χ3v) is 3.04. The van der Waals surface area contributed by atoms with Crippen LogP contribution in [-0.4, -0.2) is 16.3 Å². The molecule has 5 nitrogen and oxygen atoms in total. The van der Waals surface area contributed by atoms with Gasteiger partial charge in [0.05, 0.1) is 10.5 Å². The summed E-state index contributed by atoms with van der Waals surface area (Å²) in [7, 11) is 0. The SMILES string of the molecule is O=Cc1cc(-c2cc(Br)cc([N+](=O)[O-])c2)ccc1O. The monoisotopic (exact) mass is 321 g/mol. The molecule has 0 fully saturated rings. The predicted octanol–water partition coefficient (Wildman–Crippen LogP) is 3.54. The van der Waals surface area contributed by atoms with E-state index >= 15 is 0 Å². The van der Waals surface area contributed by atoms with Gasteiger partial charge in [0.1, 0.15) is 5.75 Å². The summed E-state index contributed by atoms with van der Waals surface area (Å²) < 4.78 is 0.567. The number of carbonyl (C=O) groups is 1. The highest BCUT2D eigenvalue weighted by Gasteiger charge is 2.11. The molecule has 0 heterocycles. The molecule has 0 saturated heterocycles. The van der Waals surface area contributed by atoms with Crippen molar-refractivity contribution < 1.29 is 14.8 Å². The molecular weight excluding hydrogens is 314 g/mol. The Balaban J connectivity index is 2.58. The number of aldehydes is 1. The summed E-state index contributed by atoms with van der Waals surface area (Å²) >= 11 is 3.21. The van der Waals surface area contributed by atoms with Gasteiger partial charge in [-0.25, -0.2) is 0 Å². The lowest BCUT2D eigenvalue weighted by atomic mass is 10.0. The molecule has 0 atom stereocenters. The molecule has 0 unspecified atom stereocenters. The van der Waals surface area contributed by atoms with Gasteiger partial charge in [0.2, 0.25) is 0 Å². The number of nitro benzene ring substituents is 1. The lowest BCUT2D eigenvalue weighted by Crippen LogP contribution is -1.90. The fourth-order valence-corrected chi connectivity index (χ4v) is 2.16. The minimum atomic E-state index is -0.491. The lowest BCUT2D eigenvalue weighted by Gasteiger charge is -2.05. The summed E-state index contributed by atoms with van der Waals surface area (Å²) in [5.41, 5.74) is 1.29. The Bertz CT molecular complexity index is 670. The smallest absolute Gasteiger partial charge is 0.271 e. The largest absolute Gasteiger partial charge is 0.507 e. The minimum Gasteiger partial charge on any atom is -0.507 e. The van der Waals surface area contributed by atoms with E-state index in [-0.39, 0.29) is 17.0 Å². The van der Waals surface area contributed by atoms with Crippen LogP contribution in [0, 0.1) is 10.1 Å². The molecule has 1 N–H and O–H groups in total. The Morgan fingerprint density at radius 3 is 2.53 bits per heavy atom. The fourth-order valence-electron chi connectivity index (χ4n) is 1.67. The molecule has 96 valence electrons. The van der Waals surface area contributed by atoms with Crippen LogP contribution >= 0.6 is 15.9 Å². The number of rotatable bonds is 3. The molecular formula is C13H8BrNO4. The van der Waals surface area contributed by atoms with E-state index in [0.29, 0.717) is 21.9 Å². The molecule has 19 heavy (non-hydrogen) atoms. The molecule has 0 aliphatic rings. The molecule has 0 aromatic heterocycles. The Morgan fingerprint density at radius 1 is 1.16 bits per heavy atom. The van der Waals surface area contributed by atoms with Crippen LogP contribution in [-0.2, 0) is 0 Å². The Labute approximate surface area is 116 Å². The number of phenolic OH excluding ortho intramolecular Hbond substituents is 1. The van der Waals surface area contributed by atoms with Crippen molar-refractivity contribution in [2.24, 2.45) is 0 Å². The summed E-state index contributed by atoms with van der Waals surface area (Å²) in [6.45, 7) is 0. The quantitative estimate of drug-likeness (QED) is 0.532. The number of aromatic hydroxyl groups is 1. The van der Waals surface area contributed by atoms with E-state index in [9.17, 15) is 20.0 Å². The summed E-state index contributed by atoms with van der Waals surface area (Å²) in [6.07, 6.45) is 0.533. The minimum absolute atomic E-state index is 0.0508. The summed E-state index contributed by atoms with van der Waals surface area (Å²) in [4.78, 5) is 21.1. The van der Waals surface area contributed by atoms with Gasteiger partial charge in [-0.15, -0.1) is 0 Å². The topological polar surface area (TPSA) is 80.4 Å². The van der Waals surface area contributed by atoms with Crippen LogP contribution < -0.4 is 0 Å². The van der Waals surface area contributed by atoms with Crippen LogP contribution in [0.2, 0.25) is 0 Å². The molecule has 0 saturated carbocycles. The van der Waals surface area contributed by atoms with Gasteiger partial charge in [0.15, 0.2) is 6.29 Å². The zero-order chi connectivity index (χ0) is 14.0. The number of phenols is 1. The maximum Gasteiger partial charge on any atom is 0.271 e. The molecule has 0 bridgehead atoms. The molecule has 0 spiro atoms. The van der Waals surface area contributed by atoms with Crippen molar-refractivity contribution in [2.45, 2.75) is 0 Å². The molecule has 0 aliphatic heterocycles. The van der Waals surface area contributed by atoms with Crippen LogP contribution in [0.15, 0.2) is 40.9 Å². The van der Waals surface area contributed by atoms with Crippen molar-refractivity contribution in [1.82, 2.24) is 0 Å². The third-order valence-electron chi connectivity index (χ3n) is 2.58. The second-order valence-corrected chi connectivity index (χ2v) is 4.76. The van der Waals surface area contributed by atoms with Crippen molar-refractivity contribution in [3.8, 4) is 16.9 Å². The number of nitro groups is 1. The molecule has 0 amide bonds. The molecule has 0 radical (unpaired) electrons. The highest BCUT2D eigenvalue weighted by Crippen LogP contribution is 2.30. The van der Waals surface area contributed by atoms with Gasteiger partial charge in [0, 0.05) is 16.6 Å². The van der Waals surface area contributed by atoms with E-state index in [1.54, 1.807) is 12.1 Å². The second-order valence-electron chi connectivity index (χ2n) is 3.85. The molecule has 2 aromatic carbocycles. The van der Waals surface area contributed by atoms with Gasteiger partial charge in [0.25, 0.3) is 5.69 Å². The number of benzene rings is 2. The molecule has 2 rings (SSSR count). The zero-order valence-electron chi connectivity index (χ0n) is 9.54. The Morgan fingerprint density at radius 2 is 1.89 bits per heavy atom. The van der Waals surface area contributed by atoms with Crippen molar-refractivity contribution in [3.05, 3.63) is 56.5 Å².